The Hall–Kier alpha value is -1.28. The number of nitrogens with zero attached hydrogens (tertiary/aromatic N) is 1. The summed E-state index contributed by atoms with van der Waals surface area (Å²) in [5.74, 6) is 0. The van der Waals surface area contributed by atoms with Crippen LogP contribution in [-0.4, -0.2) is 16.4 Å². The van der Waals surface area contributed by atoms with Crippen LogP contribution >= 0.6 is 11.6 Å². The number of para-hydroxylation sites is 1. The summed E-state index contributed by atoms with van der Waals surface area (Å²) in [5, 5.41) is 5.02. The van der Waals surface area contributed by atoms with E-state index < -0.39 is 0 Å². The zero-order valence-electron chi connectivity index (χ0n) is 10.3. The molecule has 1 aliphatic carbocycles. The molecule has 0 aliphatic heterocycles. The van der Waals surface area contributed by atoms with E-state index in [0.29, 0.717) is 6.04 Å². The summed E-state index contributed by atoms with van der Waals surface area (Å²) in [4.78, 5) is 4.38. The molecule has 2 unspecified atom stereocenters. The topological polar surface area (TPSA) is 24.9 Å². The second kappa shape index (κ2) is 5.15. The molecule has 1 N–H and O–H groups in total. The van der Waals surface area contributed by atoms with Gasteiger partial charge in [-0.2, -0.15) is 0 Å². The third kappa shape index (κ3) is 2.30. The summed E-state index contributed by atoms with van der Waals surface area (Å²) in [7, 11) is 0. The van der Waals surface area contributed by atoms with Crippen LogP contribution in [0.15, 0.2) is 36.5 Å². The van der Waals surface area contributed by atoms with E-state index in [2.05, 4.69) is 16.4 Å². The van der Waals surface area contributed by atoms with Crippen LogP contribution in [0.2, 0.25) is 0 Å². The monoisotopic (exact) mass is 260 g/mol. The van der Waals surface area contributed by atoms with E-state index in [1.54, 1.807) is 0 Å². The fourth-order valence-corrected chi connectivity index (χ4v) is 3.01. The van der Waals surface area contributed by atoms with Crippen LogP contribution in [0.1, 0.15) is 25.7 Å². The summed E-state index contributed by atoms with van der Waals surface area (Å²) in [5.41, 5.74) is 2.18. The van der Waals surface area contributed by atoms with Crippen LogP contribution in [0.3, 0.4) is 0 Å². The van der Waals surface area contributed by atoms with Gasteiger partial charge in [0.15, 0.2) is 0 Å². The molecular formula is C15H17ClN2. The first-order chi connectivity index (χ1) is 8.84. The molecule has 0 radical (unpaired) electrons. The first-order valence-electron chi connectivity index (χ1n) is 6.59. The number of alkyl halides is 1. The van der Waals surface area contributed by atoms with E-state index >= 15 is 0 Å². The van der Waals surface area contributed by atoms with E-state index in [-0.39, 0.29) is 5.38 Å². The molecule has 0 bridgehead atoms. The zero-order valence-corrected chi connectivity index (χ0v) is 11.0. The van der Waals surface area contributed by atoms with E-state index in [0.717, 1.165) is 24.0 Å². The van der Waals surface area contributed by atoms with Gasteiger partial charge in [-0.05, 0) is 25.0 Å². The molecule has 0 saturated heterocycles. The number of rotatable bonds is 2. The lowest BCUT2D eigenvalue weighted by Crippen LogP contribution is -2.32. The van der Waals surface area contributed by atoms with Crippen molar-refractivity contribution in [2.45, 2.75) is 37.1 Å². The Morgan fingerprint density at radius 1 is 1.11 bits per heavy atom. The second-order valence-electron chi connectivity index (χ2n) is 4.93. The normalized spacial score (nSPS) is 24.1. The molecule has 2 atom stereocenters. The highest BCUT2D eigenvalue weighted by atomic mass is 35.5. The van der Waals surface area contributed by atoms with Crippen LogP contribution in [0.5, 0.6) is 0 Å². The van der Waals surface area contributed by atoms with Crippen molar-refractivity contribution in [2.24, 2.45) is 0 Å². The van der Waals surface area contributed by atoms with Crippen LogP contribution in [-0.2, 0) is 0 Å². The fourth-order valence-electron chi connectivity index (χ4n) is 2.67. The average Bonchev–Trinajstić information content (AvgIpc) is 2.42. The molecule has 1 aromatic carbocycles. The van der Waals surface area contributed by atoms with Gasteiger partial charge in [0, 0.05) is 23.3 Å². The van der Waals surface area contributed by atoms with Gasteiger partial charge in [0.2, 0.25) is 0 Å². The van der Waals surface area contributed by atoms with Crippen molar-refractivity contribution in [3.05, 3.63) is 36.5 Å². The number of anilines is 1. The number of halogens is 1. The van der Waals surface area contributed by atoms with Gasteiger partial charge in [0.05, 0.1) is 10.9 Å². The summed E-state index contributed by atoms with van der Waals surface area (Å²) < 4.78 is 0. The quantitative estimate of drug-likeness (QED) is 0.819. The van der Waals surface area contributed by atoms with Gasteiger partial charge in [0.1, 0.15) is 0 Å². The summed E-state index contributed by atoms with van der Waals surface area (Å²) >= 11 is 6.41. The lowest BCUT2D eigenvalue weighted by molar-refractivity contribution is 0.470. The van der Waals surface area contributed by atoms with Gasteiger partial charge in [-0.25, -0.2) is 0 Å². The molecular weight excluding hydrogens is 244 g/mol. The van der Waals surface area contributed by atoms with E-state index in [9.17, 15) is 0 Å². The highest BCUT2D eigenvalue weighted by molar-refractivity contribution is 6.21. The molecule has 18 heavy (non-hydrogen) atoms. The lowest BCUT2D eigenvalue weighted by atomic mass is 9.94. The van der Waals surface area contributed by atoms with Crippen molar-refractivity contribution in [1.29, 1.82) is 0 Å². The molecule has 94 valence electrons. The smallest absolute Gasteiger partial charge is 0.0722 e. The van der Waals surface area contributed by atoms with Gasteiger partial charge in [-0.15, -0.1) is 11.6 Å². The third-order valence-electron chi connectivity index (χ3n) is 3.67. The highest BCUT2D eigenvalue weighted by Crippen LogP contribution is 2.28. The number of pyridine rings is 1. The number of aromatic nitrogens is 1. The minimum atomic E-state index is 0.241. The predicted octanol–water partition coefficient (Wildman–Crippen LogP) is 4.20. The zero-order chi connectivity index (χ0) is 12.4. The Kier molecular flexibility index (Phi) is 3.37. The Labute approximate surface area is 112 Å². The summed E-state index contributed by atoms with van der Waals surface area (Å²) in [6.07, 6.45) is 6.65. The number of benzene rings is 1. The Morgan fingerprint density at radius 3 is 2.83 bits per heavy atom. The summed E-state index contributed by atoms with van der Waals surface area (Å²) in [6, 6.07) is 10.6. The van der Waals surface area contributed by atoms with E-state index in [1.165, 1.54) is 18.2 Å². The van der Waals surface area contributed by atoms with Crippen LogP contribution in [0, 0.1) is 0 Å². The molecule has 2 aromatic rings. The minimum Gasteiger partial charge on any atom is -0.380 e. The molecule has 1 saturated carbocycles. The van der Waals surface area contributed by atoms with Crippen molar-refractivity contribution in [3.8, 4) is 0 Å². The maximum atomic E-state index is 6.41. The fraction of sp³-hybridized carbons (Fsp3) is 0.400. The van der Waals surface area contributed by atoms with Gasteiger partial charge >= 0.3 is 0 Å². The van der Waals surface area contributed by atoms with E-state index in [4.69, 9.17) is 11.6 Å². The maximum absolute atomic E-state index is 6.41. The molecule has 1 aliphatic rings. The van der Waals surface area contributed by atoms with Gasteiger partial charge in [-0.3, -0.25) is 4.98 Å². The van der Waals surface area contributed by atoms with Crippen molar-refractivity contribution < 1.29 is 0 Å². The van der Waals surface area contributed by atoms with Crippen molar-refractivity contribution in [1.82, 2.24) is 4.98 Å². The van der Waals surface area contributed by atoms with Gasteiger partial charge in [-0.1, -0.05) is 31.0 Å². The average molecular weight is 261 g/mol. The third-order valence-corrected chi connectivity index (χ3v) is 4.19. The Balaban J connectivity index is 1.90. The predicted molar refractivity (Wildman–Crippen MR) is 77.3 cm³/mol. The molecule has 1 fully saturated rings. The molecule has 1 heterocycles. The van der Waals surface area contributed by atoms with Crippen molar-refractivity contribution in [3.63, 3.8) is 0 Å². The highest BCUT2D eigenvalue weighted by Gasteiger charge is 2.23. The van der Waals surface area contributed by atoms with Crippen LogP contribution < -0.4 is 5.32 Å². The van der Waals surface area contributed by atoms with Crippen LogP contribution in [0.4, 0.5) is 5.69 Å². The number of hydrogen-bond donors (Lipinski definition) is 1. The Bertz CT molecular complexity index is 536. The molecule has 0 amide bonds. The Morgan fingerprint density at radius 2 is 1.94 bits per heavy atom. The SMILES string of the molecule is ClC1CCCCC1Nc1ccnc2ccccc12. The lowest BCUT2D eigenvalue weighted by Gasteiger charge is -2.29. The molecule has 1 aromatic heterocycles. The first kappa shape index (κ1) is 11.8. The summed E-state index contributed by atoms with van der Waals surface area (Å²) in [6.45, 7) is 0. The van der Waals surface area contributed by atoms with Crippen molar-refractivity contribution >= 4 is 28.2 Å². The molecule has 2 nitrogen and oxygen atoms in total. The standard InChI is InChI=1S/C15H17ClN2/c16-12-6-2-4-8-15(12)18-14-9-10-17-13-7-3-1-5-11(13)14/h1,3,5,7,9-10,12,15H,2,4,6,8H2,(H,17,18). The number of nitrogens with one attached hydrogen (secondary N) is 1. The molecule has 3 heteroatoms. The van der Waals surface area contributed by atoms with Gasteiger partial charge < -0.3 is 5.32 Å². The minimum absolute atomic E-state index is 0.241. The second-order valence-corrected chi connectivity index (χ2v) is 5.49. The van der Waals surface area contributed by atoms with E-state index in [1.807, 2.05) is 30.5 Å². The first-order valence-corrected chi connectivity index (χ1v) is 7.02. The molecule has 0 spiro atoms. The largest absolute Gasteiger partial charge is 0.380 e. The number of hydrogen-bond acceptors (Lipinski definition) is 2. The van der Waals surface area contributed by atoms with Crippen LogP contribution in [0.25, 0.3) is 10.9 Å². The van der Waals surface area contributed by atoms with Gasteiger partial charge in [0.25, 0.3) is 0 Å². The number of fused-ring (bicyclic) bond motifs is 1. The van der Waals surface area contributed by atoms with Crippen molar-refractivity contribution in [2.75, 3.05) is 5.32 Å². The maximum Gasteiger partial charge on any atom is 0.0722 e. The molecule has 3 rings (SSSR count).